The van der Waals surface area contributed by atoms with E-state index in [4.69, 9.17) is 23.2 Å². The van der Waals surface area contributed by atoms with E-state index in [9.17, 15) is 24.3 Å². The van der Waals surface area contributed by atoms with Crippen LogP contribution in [0.1, 0.15) is 15.9 Å². The molecule has 0 bridgehead atoms. The Kier molecular flexibility index (Phi) is 7.99. The molecule has 44 heavy (non-hydrogen) atoms. The average molecular weight is 630 g/mol. The first-order valence-electron chi connectivity index (χ1n) is 13.9. The largest absolute Gasteiger partial charge is 0.480 e. The van der Waals surface area contributed by atoms with Crippen molar-refractivity contribution in [3.63, 3.8) is 0 Å². The molecule has 2 heterocycles. The lowest BCUT2D eigenvalue weighted by Crippen LogP contribution is -2.62. The van der Waals surface area contributed by atoms with Crippen molar-refractivity contribution in [1.29, 1.82) is 0 Å². The predicted molar refractivity (Wildman–Crippen MR) is 169 cm³/mol. The standard InChI is InChI=1S/C33H26Cl2N4O5/c34-23-11-3-7-15-27(23)39(28-16-8-4-12-24(28)35)32(43)36-17-18-37(29(20-36)31(41)42)33(44)38-25-13-5-1-9-21(25)19-30(40)22-10-2-6-14-26(22)38/h1-16,29H,17-20H2,(H,41,42)/t29-/m0/s1. The number of nitrogens with zero attached hydrogens (tertiary/aromatic N) is 4. The zero-order valence-corrected chi connectivity index (χ0v) is 24.8. The minimum absolute atomic E-state index is 0.0375. The van der Waals surface area contributed by atoms with Crippen LogP contribution >= 0.6 is 23.2 Å². The highest BCUT2D eigenvalue weighted by Crippen LogP contribution is 2.39. The minimum atomic E-state index is -1.38. The van der Waals surface area contributed by atoms with Gasteiger partial charge in [0.05, 0.1) is 39.3 Å². The maximum atomic E-state index is 14.3. The smallest absolute Gasteiger partial charge is 0.330 e. The number of piperazine rings is 1. The van der Waals surface area contributed by atoms with E-state index in [0.717, 1.165) is 0 Å². The number of carbonyl (C=O) groups excluding carboxylic acids is 3. The van der Waals surface area contributed by atoms with Gasteiger partial charge in [0, 0.05) is 25.1 Å². The minimum Gasteiger partial charge on any atom is -0.480 e. The van der Waals surface area contributed by atoms with Crippen molar-refractivity contribution < 1.29 is 24.3 Å². The summed E-state index contributed by atoms with van der Waals surface area (Å²) in [6.07, 6.45) is 0.0987. The fourth-order valence-corrected chi connectivity index (χ4v) is 6.10. The van der Waals surface area contributed by atoms with Crippen molar-refractivity contribution in [2.24, 2.45) is 0 Å². The second-order valence-corrected chi connectivity index (χ2v) is 11.2. The summed E-state index contributed by atoms with van der Waals surface area (Å²) in [5, 5.41) is 11.0. The summed E-state index contributed by atoms with van der Waals surface area (Å²) in [7, 11) is 0. The molecule has 1 N–H and O–H groups in total. The van der Waals surface area contributed by atoms with Crippen LogP contribution in [0.2, 0.25) is 10.0 Å². The van der Waals surface area contributed by atoms with Gasteiger partial charge in [0.25, 0.3) is 0 Å². The highest BCUT2D eigenvalue weighted by Gasteiger charge is 2.42. The summed E-state index contributed by atoms with van der Waals surface area (Å²) in [6.45, 7) is -0.327. The Bertz CT molecular complexity index is 1750. The lowest BCUT2D eigenvalue weighted by molar-refractivity contribution is -0.143. The Morgan fingerprint density at radius 1 is 0.750 bits per heavy atom. The molecule has 11 heteroatoms. The van der Waals surface area contributed by atoms with E-state index in [1.54, 1.807) is 97.1 Å². The molecule has 9 nitrogen and oxygen atoms in total. The zero-order chi connectivity index (χ0) is 31.0. The number of ketones is 1. The summed E-state index contributed by atoms with van der Waals surface area (Å²) in [6, 6.07) is 24.9. The van der Waals surface area contributed by atoms with Crippen molar-refractivity contribution in [3.8, 4) is 0 Å². The number of amides is 4. The molecule has 1 atom stereocenters. The molecular weight excluding hydrogens is 603 g/mol. The number of anilines is 4. The maximum Gasteiger partial charge on any atom is 0.330 e. The van der Waals surface area contributed by atoms with Crippen LogP contribution in [-0.4, -0.2) is 64.4 Å². The maximum absolute atomic E-state index is 14.3. The summed E-state index contributed by atoms with van der Waals surface area (Å²) >= 11 is 13.0. The SMILES string of the molecule is O=C1Cc2ccccc2N(C(=O)N2CCN(C(=O)N(c3ccccc3Cl)c3ccccc3Cl)C[C@H]2C(=O)O)c2ccccc21. The van der Waals surface area contributed by atoms with Crippen LogP contribution in [0.4, 0.5) is 32.3 Å². The van der Waals surface area contributed by atoms with Crippen molar-refractivity contribution >= 4 is 69.8 Å². The first-order chi connectivity index (χ1) is 21.3. The highest BCUT2D eigenvalue weighted by atomic mass is 35.5. The summed E-state index contributed by atoms with van der Waals surface area (Å²) in [4.78, 5) is 59.7. The Labute approximate surface area is 263 Å². The fraction of sp³-hybridized carbons (Fsp3) is 0.152. The third-order valence-corrected chi connectivity index (χ3v) is 8.42. The number of carbonyl (C=O) groups is 4. The topological polar surface area (TPSA) is 101 Å². The number of Topliss-reactive ketones (excluding diaryl/α,β-unsaturated/α-hetero) is 1. The number of carboxylic acid groups (broad SMARTS) is 1. The third-order valence-electron chi connectivity index (χ3n) is 7.78. The van der Waals surface area contributed by atoms with E-state index in [1.165, 1.54) is 19.6 Å². The molecule has 0 saturated carbocycles. The van der Waals surface area contributed by atoms with Crippen LogP contribution in [0, 0.1) is 0 Å². The summed E-state index contributed by atoms with van der Waals surface area (Å²) in [5.74, 6) is -1.42. The second-order valence-electron chi connectivity index (χ2n) is 10.4. The lowest BCUT2D eigenvalue weighted by Gasteiger charge is -2.42. The van der Waals surface area contributed by atoms with Gasteiger partial charge in [-0.15, -0.1) is 0 Å². The number of benzene rings is 4. The Morgan fingerprint density at radius 2 is 1.32 bits per heavy atom. The predicted octanol–water partition coefficient (Wildman–Crippen LogP) is 7.02. The van der Waals surface area contributed by atoms with Gasteiger partial charge in [-0.3, -0.25) is 14.6 Å². The molecular formula is C33H26Cl2N4O5. The average Bonchev–Trinajstić information content (AvgIpc) is 3.16. The number of rotatable bonds is 3. The number of urea groups is 2. The van der Waals surface area contributed by atoms with Crippen LogP contribution in [0.15, 0.2) is 97.1 Å². The van der Waals surface area contributed by atoms with Crippen molar-refractivity contribution in [3.05, 3.63) is 118 Å². The van der Waals surface area contributed by atoms with Crippen molar-refractivity contribution in [2.45, 2.75) is 12.5 Å². The van der Waals surface area contributed by atoms with Crippen LogP contribution in [0.3, 0.4) is 0 Å². The van der Waals surface area contributed by atoms with E-state index in [-0.39, 0.29) is 31.8 Å². The summed E-state index contributed by atoms with van der Waals surface area (Å²) < 4.78 is 0. The monoisotopic (exact) mass is 628 g/mol. The lowest BCUT2D eigenvalue weighted by atomic mass is 10.0. The van der Waals surface area contributed by atoms with Gasteiger partial charge in [-0.25, -0.2) is 14.4 Å². The number of carboxylic acids is 1. The fourth-order valence-electron chi connectivity index (χ4n) is 5.66. The van der Waals surface area contributed by atoms with Gasteiger partial charge in [0.1, 0.15) is 6.04 Å². The Hall–Kier alpha value is -4.86. The summed E-state index contributed by atoms with van der Waals surface area (Å²) in [5.41, 5.74) is 2.65. The normalized spacial score (nSPS) is 16.1. The number of halogens is 2. The molecule has 0 aliphatic carbocycles. The van der Waals surface area contributed by atoms with E-state index in [0.29, 0.717) is 43.9 Å². The molecule has 4 amide bonds. The molecule has 0 aromatic heterocycles. The van der Waals surface area contributed by atoms with E-state index in [2.05, 4.69) is 0 Å². The van der Waals surface area contributed by atoms with Gasteiger partial charge in [0.2, 0.25) is 0 Å². The van der Waals surface area contributed by atoms with Crippen LogP contribution in [-0.2, 0) is 11.2 Å². The highest BCUT2D eigenvalue weighted by molar-refractivity contribution is 6.36. The van der Waals surface area contributed by atoms with Crippen LogP contribution in [0.5, 0.6) is 0 Å². The molecule has 0 spiro atoms. The molecule has 4 aromatic carbocycles. The molecule has 0 radical (unpaired) electrons. The molecule has 1 fully saturated rings. The molecule has 0 unspecified atom stereocenters. The number of fused-ring (bicyclic) bond motifs is 2. The first kappa shape index (κ1) is 29.2. The van der Waals surface area contributed by atoms with Crippen LogP contribution in [0.25, 0.3) is 0 Å². The number of aliphatic carboxylic acids is 1. The molecule has 4 aromatic rings. The first-order valence-corrected chi connectivity index (χ1v) is 14.6. The van der Waals surface area contributed by atoms with E-state index >= 15 is 0 Å². The van der Waals surface area contributed by atoms with Gasteiger partial charge >= 0.3 is 18.0 Å². The second kappa shape index (κ2) is 12.0. The van der Waals surface area contributed by atoms with Gasteiger partial charge in [0.15, 0.2) is 5.78 Å². The number of hydrogen-bond acceptors (Lipinski definition) is 4. The molecule has 1 saturated heterocycles. The van der Waals surface area contributed by atoms with Gasteiger partial charge in [-0.1, -0.05) is 77.8 Å². The Balaban J connectivity index is 1.35. The van der Waals surface area contributed by atoms with Crippen molar-refractivity contribution in [1.82, 2.24) is 9.80 Å². The molecule has 6 rings (SSSR count). The van der Waals surface area contributed by atoms with Gasteiger partial charge in [-0.05, 0) is 48.0 Å². The Morgan fingerprint density at radius 3 is 1.95 bits per heavy atom. The molecule has 222 valence electrons. The van der Waals surface area contributed by atoms with Gasteiger partial charge in [-0.2, -0.15) is 0 Å². The number of hydrogen-bond donors (Lipinski definition) is 1. The number of para-hydroxylation sites is 4. The third kappa shape index (κ3) is 5.25. The van der Waals surface area contributed by atoms with E-state index in [1.807, 2.05) is 0 Å². The quantitative estimate of drug-likeness (QED) is 0.263. The van der Waals surface area contributed by atoms with Crippen LogP contribution < -0.4 is 9.80 Å². The van der Waals surface area contributed by atoms with E-state index < -0.39 is 24.1 Å². The molecule has 2 aliphatic rings. The van der Waals surface area contributed by atoms with Crippen molar-refractivity contribution in [2.75, 3.05) is 29.4 Å². The van der Waals surface area contributed by atoms with Gasteiger partial charge < -0.3 is 14.9 Å². The zero-order valence-electron chi connectivity index (χ0n) is 23.3. The molecule has 2 aliphatic heterocycles.